The predicted octanol–water partition coefficient (Wildman–Crippen LogP) is 5.12. The molecule has 2 heterocycles. The van der Waals surface area contributed by atoms with Gasteiger partial charge < -0.3 is 5.11 Å². The van der Waals surface area contributed by atoms with Crippen LogP contribution in [0.15, 0.2) is 83.0 Å². The van der Waals surface area contributed by atoms with Crippen LogP contribution in [0.5, 0.6) is 0 Å². The monoisotopic (exact) mass is 468 g/mol. The average molecular weight is 470 g/mol. The summed E-state index contributed by atoms with van der Waals surface area (Å²) in [4.78, 5) is 31.5. The van der Waals surface area contributed by atoms with E-state index in [0.717, 1.165) is 4.47 Å². The van der Waals surface area contributed by atoms with Crippen molar-refractivity contribution < 1.29 is 14.7 Å². The molecular weight excluding hydrogens is 456 g/mol. The van der Waals surface area contributed by atoms with Crippen molar-refractivity contribution in [1.82, 2.24) is 4.98 Å². The molecule has 1 aliphatic heterocycles. The van der Waals surface area contributed by atoms with Crippen molar-refractivity contribution in [2.75, 3.05) is 4.90 Å². The molecule has 5 nitrogen and oxygen atoms in total. The maximum atomic E-state index is 13.0. The number of aliphatic hydroxyl groups is 1. The highest BCUT2D eigenvalue weighted by Crippen LogP contribution is 2.42. The van der Waals surface area contributed by atoms with Crippen LogP contribution < -0.4 is 4.90 Å². The highest BCUT2D eigenvalue weighted by molar-refractivity contribution is 9.10. The zero-order valence-corrected chi connectivity index (χ0v) is 17.3. The van der Waals surface area contributed by atoms with Crippen LogP contribution >= 0.6 is 27.5 Å². The zero-order valence-electron chi connectivity index (χ0n) is 14.9. The number of carbonyl (C=O) groups excluding carboxylic acids is 2. The fourth-order valence-corrected chi connectivity index (χ4v) is 3.86. The average Bonchev–Trinajstić information content (AvgIpc) is 2.99. The van der Waals surface area contributed by atoms with Crippen molar-refractivity contribution in [3.8, 4) is 0 Å². The summed E-state index contributed by atoms with van der Waals surface area (Å²) < 4.78 is 0.785. The van der Waals surface area contributed by atoms with Crippen molar-refractivity contribution in [2.45, 2.75) is 6.04 Å². The summed E-state index contributed by atoms with van der Waals surface area (Å²) in [6.07, 6.45) is 1.55. The van der Waals surface area contributed by atoms with Gasteiger partial charge in [0.25, 0.3) is 5.78 Å². The minimum atomic E-state index is -0.821. The molecule has 3 aromatic rings. The van der Waals surface area contributed by atoms with Crippen LogP contribution in [-0.2, 0) is 9.59 Å². The Bertz CT molecular complexity index is 1130. The Morgan fingerprint density at radius 1 is 1.03 bits per heavy atom. The Labute approximate surface area is 180 Å². The predicted molar refractivity (Wildman–Crippen MR) is 115 cm³/mol. The molecule has 0 bridgehead atoms. The van der Waals surface area contributed by atoms with Gasteiger partial charge in [-0.2, -0.15) is 0 Å². The Hall–Kier alpha value is -2.96. The van der Waals surface area contributed by atoms with Crippen LogP contribution in [0.3, 0.4) is 0 Å². The van der Waals surface area contributed by atoms with Crippen LogP contribution in [-0.4, -0.2) is 21.8 Å². The first-order valence-corrected chi connectivity index (χ1v) is 9.88. The number of amides is 1. The number of carbonyl (C=O) groups is 2. The molecular formula is C22H14BrClN2O3. The quantitative estimate of drug-likeness (QED) is 0.328. The van der Waals surface area contributed by atoms with Gasteiger partial charge in [0, 0.05) is 21.3 Å². The molecule has 1 atom stereocenters. The zero-order chi connectivity index (χ0) is 20.5. The first-order chi connectivity index (χ1) is 14.0. The molecule has 0 aliphatic carbocycles. The third-order valence-corrected chi connectivity index (χ3v) is 5.37. The molecule has 2 aromatic carbocycles. The lowest BCUT2D eigenvalue weighted by atomic mass is 9.95. The van der Waals surface area contributed by atoms with E-state index in [0.29, 0.717) is 22.0 Å². The first-order valence-electron chi connectivity index (χ1n) is 8.71. The standard InChI is InChI=1S/C22H14BrClN2O3/c23-15-5-3-4-14(12-15)19-18(20(27)13-7-9-16(24)10-8-13)21(28)22(29)26(19)17-6-1-2-11-25-17/h1-12,19,27H/b20-18+. The number of aromatic nitrogens is 1. The van der Waals surface area contributed by atoms with E-state index in [1.165, 1.54) is 4.90 Å². The SMILES string of the molecule is O=C1C(=O)N(c2ccccn2)C(c2cccc(Br)c2)/C1=C(\O)c1ccc(Cl)cc1. The number of hydrogen-bond donors (Lipinski definition) is 1. The summed E-state index contributed by atoms with van der Waals surface area (Å²) in [5.41, 5.74) is 1.06. The van der Waals surface area contributed by atoms with Crippen LogP contribution in [0.1, 0.15) is 17.2 Å². The maximum Gasteiger partial charge on any atom is 0.301 e. The van der Waals surface area contributed by atoms with E-state index in [9.17, 15) is 14.7 Å². The summed E-state index contributed by atoms with van der Waals surface area (Å²) >= 11 is 9.36. The number of Topliss-reactive ketones (excluding diaryl/α,β-unsaturated/α-hetero) is 1. The van der Waals surface area contributed by atoms with E-state index in [1.54, 1.807) is 60.8 Å². The summed E-state index contributed by atoms with van der Waals surface area (Å²) in [5, 5.41) is 11.5. The number of halogens is 2. The Balaban J connectivity index is 1.95. The third kappa shape index (κ3) is 3.57. The van der Waals surface area contributed by atoms with Gasteiger partial charge >= 0.3 is 5.91 Å². The molecule has 1 amide bonds. The Kier molecular flexibility index (Phi) is 5.22. The third-order valence-electron chi connectivity index (χ3n) is 4.62. The van der Waals surface area contributed by atoms with E-state index >= 15 is 0 Å². The van der Waals surface area contributed by atoms with E-state index in [4.69, 9.17) is 11.6 Å². The molecule has 1 saturated heterocycles. The fraction of sp³-hybridized carbons (Fsp3) is 0.0455. The molecule has 4 rings (SSSR count). The highest BCUT2D eigenvalue weighted by Gasteiger charge is 2.47. The number of aliphatic hydroxyl groups excluding tert-OH is 1. The smallest absolute Gasteiger partial charge is 0.301 e. The van der Waals surface area contributed by atoms with E-state index in [-0.39, 0.29) is 11.3 Å². The van der Waals surface area contributed by atoms with Crippen LogP contribution in [0.2, 0.25) is 5.02 Å². The second kappa shape index (κ2) is 7.81. The van der Waals surface area contributed by atoms with E-state index in [1.807, 2.05) is 12.1 Å². The molecule has 0 radical (unpaired) electrons. The van der Waals surface area contributed by atoms with Crippen LogP contribution in [0, 0.1) is 0 Å². The van der Waals surface area contributed by atoms with Gasteiger partial charge in [-0.25, -0.2) is 4.98 Å². The largest absolute Gasteiger partial charge is 0.507 e. The molecule has 1 N–H and O–H groups in total. The molecule has 1 aromatic heterocycles. The normalized spacial score (nSPS) is 18.3. The summed E-state index contributed by atoms with van der Waals surface area (Å²) in [5.74, 6) is -1.45. The number of ketones is 1. The Morgan fingerprint density at radius 2 is 1.79 bits per heavy atom. The van der Waals surface area contributed by atoms with Crippen molar-refractivity contribution in [3.63, 3.8) is 0 Å². The molecule has 7 heteroatoms. The van der Waals surface area contributed by atoms with Crippen molar-refractivity contribution >= 4 is 50.8 Å². The van der Waals surface area contributed by atoms with Gasteiger partial charge in [-0.05, 0) is 54.1 Å². The molecule has 0 spiro atoms. The maximum absolute atomic E-state index is 13.0. The van der Waals surface area contributed by atoms with Gasteiger partial charge in [0.1, 0.15) is 11.6 Å². The lowest BCUT2D eigenvalue weighted by Gasteiger charge is -2.24. The van der Waals surface area contributed by atoms with Gasteiger partial charge in [0.05, 0.1) is 11.6 Å². The second-order valence-corrected chi connectivity index (χ2v) is 7.77. The lowest BCUT2D eigenvalue weighted by molar-refractivity contribution is -0.132. The number of rotatable bonds is 3. The molecule has 144 valence electrons. The fourth-order valence-electron chi connectivity index (χ4n) is 3.32. The van der Waals surface area contributed by atoms with Gasteiger partial charge in [-0.15, -0.1) is 0 Å². The van der Waals surface area contributed by atoms with Gasteiger partial charge in [-0.3, -0.25) is 14.5 Å². The number of hydrogen-bond acceptors (Lipinski definition) is 4. The van der Waals surface area contributed by atoms with Crippen LogP contribution in [0.4, 0.5) is 5.82 Å². The number of nitrogens with zero attached hydrogens (tertiary/aromatic N) is 2. The molecule has 1 fully saturated rings. The molecule has 1 aliphatic rings. The van der Waals surface area contributed by atoms with Crippen molar-refractivity contribution in [2.24, 2.45) is 0 Å². The Morgan fingerprint density at radius 3 is 2.45 bits per heavy atom. The minimum Gasteiger partial charge on any atom is -0.507 e. The van der Waals surface area contributed by atoms with E-state index in [2.05, 4.69) is 20.9 Å². The number of benzene rings is 2. The molecule has 1 unspecified atom stereocenters. The second-order valence-electron chi connectivity index (χ2n) is 6.42. The van der Waals surface area contributed by atoms with Crippen molar-refractivity contribution in [3.05, 3.63) is 99.1 Å². The molecule has 0 saturated carbocycles. The highest BCUT2D eigenvalue weighted by atomic mass is 79.9. The van der Waals surface area contributed by atoms with E-state index < -0.39 is 17.7 Å². The topological polar surface area (TPSA) is 70.5 Å². The summed E-state index contributed by atoms with van der Waals surface area (Å²) in [7, 11) is 0. The van der Waals surface area contributed by atoms with Gasteiger partial charge in [0.2, 0.25) is 0 Å². The van der Waals surface area contributed by atoms with Crippen molar-refractivity contribution in [1.29, 1.82) is 0 Å². The van der Waals surface area contributed by atoms with Crippen LogP contribution in [0.25, 0.3) is 5.76 Å². The molecule has 29 heavy (non-hydrogen) atoms. The number of pyridine rings is 1. The van der Waals surface area contributed by atoms with Gasteiger partial charge in [-0.1, -0.05) is 45.7 Å². The minimum absolute atomic E-state index is 0.000996. The lowest BCUT2D eigenvalue weighted by Crippen LogP contribution is -2.30. The van der Waals surface area contributed by atoms with Gasteiger partial charge in [0.15, 0.2) is 0 Å². The number of anilines is 1. The summed E-state index contributed by atoms with van der Waals surface area (Å²) in [6.45, 7) is 0. The summed E-state index contributed by atoms with van der Waals surface area (Å²) in [6, 6.07) is 18.0. The first kappa shape index (κ1) is 19.4.